The number of halogens is 1. The SMILES string of the molecule is CCOC(=O)CCC(=O)C(C)Br. The van der Waals surface area contributed by atoms with Crippen molar-refractivity contribution in [2.45, 2.75) is 31.5 Å². The second kappa shape index (κ2) is 6.17. The number of ether oxygens (including phenoxy) is 1. The normalized spacial score (nSPS) is 12.2. The van der Waals surface area contributed by atoms with E-state index in [1.54, 1.807) is 13.8 Å². The van der Waals surface area contributed by atoms with Crippen molar-refractivity contribution in [3.05, 3.63) is 0 Å². The Labute approximate surface area is 80.6 Å². The zero-order valence-electron chi connectivity index (χ0n) is 7.30. The molecule has 0 spiro atoms. The largest absolute Gasteiger partial charge is 0.466 e. The Hall–Kier alpha value is -0.380. The Morgan fingerprint density at radius 1 is 1.42 bits per heavy atom. The summed E-state index contributed by atoms with van der Waals surface area (Å²) >= 11 is 3.13. The lowest BCUT2D eigenvalue weighted by Gasteiger charge is -2.02. The van der Waals surface area contributed by atoms with E-state index >= 15 is 0 Å². The standard InChI is InChI=1S/C8H13BrO3/c1-3-12-8(11)5-4-7(10)6(2)9/h6H,3-5H2,1-2H3. The molecule has 0 saturated carbocycles. The average Bonchev–Trinajstić information content (AvgIpc) is 2.00. The number of carbonyl (C=O) groups is 2. The van der Waals surface area contributed by atoms with Crippen molar-refractivity contribution in [3.8, 4) is 0 Å². The number of hydrogen-bond acceptors (Lipinski definition) is 3. The summed E-state index contributed by atoms with van der Waals surface area (Å²) in [7, 11) is 0. The van der Waals surface area contributed by atoms with Crippen LogP contribution in [0.4, 0.5) is 0 Å². The van der Waals surface area contributed by atoms with Gasteiger partial charge in [0.05, 0.1) is 17.9 Å². The van der Waals surface area contributed by atoms with Crippen molar-refractivity contribution in [3.63, 3.8) is 0 Å². The lowest BCUT2D eigenvalue weighted by Crippen LogP contribution is -2.13. The molecule has 0 saturated heterocycles. The molecule has 4 heteroatoms. The Kier molecular flexibility index (Phi) is 5.98. The lowest BCUT2D eigenvalue weighted by atomic mass is 10.2. The first-order valence-corrected chi connectivity index (χ1v) is 4.82. The Morgan fingerprint density at radius 2 is 2.00 bits per heavy atom. The van der Waals surface area contributed by atoms with E-state index < -0.39 is 0 Å². The van der Waals surface area contributed by atoms with E-state index in [9.17, 15) is 9.59 Å². The van der Waals surface area contributed by atoms with Gasteiger partial charge in [-0.1, -0.05) is 15.9 Å². The van der Waals surface area contributed by atoms with Gasteiger partial charge in [0.25, 0.3) is 0 Å². The number of Topliss-reactive ketones (excluding diaryl/α,β-unsaturated/α-hetero) is 1. The number of alkyl halides is 1. The zero-order chi connectivity index (χ0) is 9.56. The first-order valence-electron chi connectivity index (χ1n) is 3.90. The van der Waals surface area contributed by atoms with E-state index in [0.717, 1.165) is 0 Å². The van der Waals surface area contributed by atoms with Crippen LogP contribution in [0.1, 0.15) is 26.7 Å². The van der Waals surface area contributed by atoms with Gasteiger partial charge < -0.3 is 4.74 Å². The van der Waals surface area contributed by atoms with Gasteiger partial charge >= 0.3 is 5.97 Å². The topological polar surface area (TPSA) is 43.4 Å². The molecular weight excluding hydrogens is 224 g/mol. The lowest BCUT2D eigenvalue weighted by molar-refractivity contribution is -0.144. The number of ketones is 1. The van der Waals surface area contributed by atoms with Crippen molar-refractivity contribution < 1.29 is 14.3 Å². The summed E-state index contributed by atoms with van der Waals surface area (Å²) in [6, 6.07) is 0. The smallest absolute Gasteiger partial charge is 0.306 e. The van der Waals surface area contributed by atoms with Crippen LogP contribution < -0.4 is 0 Å². The highest BCUT2D eigenvalue weighted by atomic mass is 79.9. The molecule has 0 amide bonds. The van der Waals surface area contributed by atoms with E-state index in [1.807, 2.05) is 0 Å². The van der Waals surface area contributed by atoms with E-state index in [4.69, 9.17) is 0 Å². The minimum atomic E-state index is -0.306. The molecule has 0 aliphatic carbocycles. The fraction of sp³-hybridized carbons (Fsp3) is 0.750. The van der Waals surface area contributed by atoms with Crippen LogP contribution in [0, 0.1) is 0 Å². The second-order valence-electron chi connectivity index (χ2n) is 2.39. The quantitative estimate of drug-likeness (QED) is 0.539. The van der Waals surface area contributed by atoms with Gasteiger partial charge in [0.2, 0.25) is 0 Å². The number of carbonyl (C=O) groups excluding carboxylic acids is 2. The second-order valence-corrected chi connectivity index (χ2v) is 3.76. The molecule has 3 nitrogen and oxygen atoms in total. The van der Waals surface area contributed by atoms with Gasteiger partial charge in [-0.3, -0.25) is 9.59 Å². The van der Waals surface area contributed by atoms with E-state index in [2.05, 4.69) is 20.7 Å². The van der Waals surface area contributed by atoms with Crippen LogP contribution in [-0.2, 0) is 14.3 Å². The third-order valence-electron chi connectivity index (χ3n) is 1.32. The molecule has 0 aliphatic heterocycles. The van der Waals surface area contributed by atoms with Crippen molar-refractivity contribution >= 4 is 27.7 Å². The molecule has 0 fully saturated rings. The molecule has 12 heavy (non-hydrogen) atoms. The Morgan fingerprint density at radius 3 is 2.42 bits per heavy atom. The van der Waals surface area contributed by atoms with Crippen LogP contribution in [-0.4, -0.2) is 23.2 Å². The molecule has 0 rings (SSSR count). The van der Waals surface area contributed by atoms with Crippen LogP contribution in [0.15, 0.2) is 0 Å². The van der Waals surface area contributed by atoms with Gasteiger partial charge in [-0.25, -0.2) is 0 Å². The third-order valence-corrected chi connectivity index (χ3v) is 1.84. The maximum absolute atomic E-state index is 11.0. The van der Waals surface area contributed by atoms with Gasteiger partial charge in [0.1, 0.15) is 5.78 Å². The van der Waals surface area contributed by atoms with Crippen LogP contribution in [0.2, 0.25) is 0 Å². The van der Waals surface area contributed by atoms with Gasteiger partial charge in [0.15, 0.2) is 0 Å². The molecule has 0 aromatic rings. The highest BCUT2D eigenvalue weighted by molar-refractivity contribution is 9.10. The van der Waals surface area contributed by atoms with E-state index in [0.29, 0.717) is 6.61 Å². The summed E-state index contributed by atoms with van der Waals surface area (Å²) in [5.41, 5.74) is 0. The minimum absolute atomic E-state index is 0.0306. The fourth-order valence-corrected chi connectivity index (χ4v) is 0.886. The van der Waals surface area contributed by atoms with Crippen molar-refractivity contribution in [1.82, 2.24) is 0 Å². The maximum atomic E-state index is 11.0. The van der Waals surface area contributed by atoms with Crippen LogP contribution >= 0.6 is 15.9 Å². The molecule has 0 aliphatic rings. The van der Waals surface area contributed by atoms with Crippen LogP contribution in [0.5, 0.6) is 0 Å². The summed E-state index contributed by atoms with van der Waals surface area (Å²) in [5.74, 6) is -0.276. The third kappa shape index (κ3) is 5.29. The molecule has 0 bridgehead atoms. The van der Waals surface area contributed by atoms with Crippen LogP contribution in [0.3, 0.4) is 0 Å². The zero-order valence-corrected chi connectivity index (χ0v) is 8.89. The fourth-order valence-electron chi connectivity index (χ4n) is 0.657. The molecule has 0 aromatic carbocycles. The maximum Gasteiger partial charge on any atom is 0.306 e. The van der Waals surface area contributed by atoms with Crippen molar-refractivity contribution in [1.29, 1.82) is 0 Å². The molecule has 1 unspecified atom stereocenters. The number of esters is 1. The van der Waals surface area contributed by atoms with E-state index in [-0.39, 0.29) is 29.4 Å². The summed E-state index contributed by atoms with van der Waals surface area (Å²) in [6.07, 6.45) is 0.438. The van der Waals surface area contributed by atoms with E-state index in [1.165, 1.54) is 0 Å². The highest BCUT2D eigenvalue weighted by Gasteiger charge is 2.11. The highest BCUT2D eigenvalue weighted by Crippen LogP contribution is 2.04. The molecular formula is C8H13BrO3. The van der Waals surface area contributed by atoms with Crippen molar-refractivity contribution in [2.24, 2.45) is 0 Å². The number of rotatable bonds is 5. The Bertz CT molecular complexity index is 166. The molecule has 70 valence electrons. The van der Waals surface area contributed by atoms with Crippen LogP contribution in [0.25, 0.3) is 0 Å². The average molecular weight is 237 g/mol. The summed E-state index contributed by atoms with van der Waals surface area (Å²) in [5, 5.41) is 0. The van der Waals surface area contributed by atoms with Gasteiger partial charge in [-0.05, 0) is 13.8 Å². The predicted molar refractivity (Wildman–Crippen MR) is 49.3 cm³/mol. The molecule has 0 radical (unpaired) electrons. The van der Waals surface area contributed by atoms with Gasteiger partial charge in [0, 0.05) is 6.42 Å². The first kappa shape index (κ1) is 11.6. The molecule has 1 atom stereocenters. The molecule has 0 N–H and O–H groups in total. The van der Waals surface area contributed by atoms with Gasteiger partial charge in [-0.2, -0.15) is 0 Å². The summed E-state index contributed by atoms with van der Waals surface area (Å²) in [6.45, 7) is 3.86. The minimum Gasteiger partial charge on any atom is -0.466 e. The summed E-state index contributed by atoms with van der Waals surface area (Å²) < 4.78 is 4.67. The summed E-state index contributed by atoms with van der Waals surface area (Å²) in [4.78, 5) is 21.6. The monoisotopic (exact) mass is 236 g/mol. The number of hydrogen-bond donors (Lipinski definition) is 0. The molecule has 0 aromatic heterocycles. The van der Waals surface area contributed by atoms with Crippen molar-refractivity contribution in [2.75, 3.05) is 6.61 Å². The molecule has 0 heterocycles. The van der Waals surface area contributed by atoms with Gasteiger partial charge in [-0.15, -0.1) is 0 Å². The first-order chi connectivity index (χ1) is 5.57. The predicted octanol–water partition coefficient (Wildman–Crippen LogP) is 1.68. The Balaban J connectivity index is 3.54.